The minimum absolute atomic E-state index is 0.0914. The van der Waals surface area contributed by atoms with E-state index in [-0.39, 0.29) is 24.7 Å². The number of amides is 1. The van der Waals surface area contributed by atoms with Crippen LogP contribution in [0.3, 0.4) is 0 Å². The van der Waals surface area contributed by atoms with Crippen LogP contribution >= 0.6 is 0 Å². The van der Waals surface area contributed by atoms with Crippen LogP contribution in [0, 0.1) is 5.82 Å². The summed E-state index contributed by atoms with van der Waals surface area (Å²) in [5, 5.41) is 3.95. The molecule has 0 N–H and O–H groups in total. The maximum atomic E-state index is 13.5. The number of carbonyl (C=O) groups is 1. The van der Waals surface area contributed by atoms with E-state index in [1.165, 1.54) is 11.0 Å². The first-order valence-electron chi connectivity index (χ1n) is 9.15. The van der Waals surface area contributed by atoms with Gasteiger partial charge in [0.15, 0.2) is 11.6 Å². The van der Waals surface area contributed by atoms with Crippen LogP contribution in [0.15, 0.2) is 53.1 Å². The summed E-state index contributed by atoms with van der Waals surface area (Å²) < 4.78 is 29.2. The van der Waals surface area contributed by atoms with Gasteiger partial charge in [0.05, 0.1) is 13.7 Å². The number of aryl methyl sites for hydroxylation is 1. The predicted octanol–water partition coefficient (Wildman–Crippen LogP) is 3.35. The molecule has 0 saturated carbocycles. The van der Waals surface area contributed by atoms with Gasteiger partial charge in [-0.05, 0) is 36.4 Å². The molecule has 7 nitrogen and oxygen atoms in total. The number of halogens is 1. The van der Waals surface area contributed by atoms with Crippen molar-refractivity contribution in [2.75, 3.05) is 27.3 Å². The molecule has 0 aliphatic heterocycles. The van der Waals surface area contributed by atoms with Gasteiger partial charge in [-0.15, -0.1) is 0 Å². The van der Waals surface area contributed by atoms with Gasteiger partial charge >= 0.3 is 0 Å². The fourth-order valence-corrected chi connectivity index (χ4v) is 2.60. The van der Waals surface area contributed by atoms with E-state index in [1.54, 1.807) is 32.4 Å². The van der Waals surface area contributed by atoms with Crippen LogP contribution in [0.5, 0.6) is 11.5 Å². The molecule has 0 aliphatic carbocycles. The summed E-state index contributed by atoms with van der Waals surface area (Å²) in [6.07, 6.45) is 0.556. The number of ether oxygens (including phenoxy) is 2. The quantitative estimate of drug-likeness (QED) is 0.549. The van der Waals surface area contributed by atoms with Crippen LogP contribution in [0.1, 0.15) is 12.3 Å². The van der Waals surface area contributed by atoms with Gasteiger partial charge in [0, 0.05) is 25.5 Å². The third kappa shape index (κ3) is 5.54. The number of aromatic nitrogens is 2. The van der Waals surface area contributed by atoms with Crippen molar-refractivity contribution in [2.24, 2.45) is 0 Å². The normalized spacial score (nSPS) is 10.6. The van der Waals surface area contributed by atoms with E-state index in [0.717, 1.165) is 11.3 Å². The van der Waals surface area contributed by atoms with E-state index in [4.69, 9.17) is 14.0 Å². The minimum Gasteiger partial charge on any atom is -0.497 e. The highest BCUT2D eigenvalue weighted by molar-refractivity contribution is 5.76. The maximum Gasteiger partial charge on any atom is 0.227 e. The van der Waals surface area contributed by atoms with E-state index in [1.807, 2.05) is 24.3 Å². The number of hydrogen-bond acceptors (Lipinski definition) is 6. The van der Waals surface area contributed by atoms with Crippen LogP contribution in [-0.2, 0) is 11.2 Å². The summed E-state index contributed by atoms with van der Waals surface area (Å²) >= 11 is 0. The summed E-state index contributed by atoms with van der Waals surface area (Å²) in [6.45, 7) is 0.541. The second kappa shape index (κ2) is 9.68. The summed E-state index contributed by atoms with van der Waals surface area (Å²) in [5.74, 6) is 1.24. The Bertz CT molecular complexity index is 943. The van der Waals surface area contributed by atoms with Crippen molar-refractivity contribution in [1.82, 2.24) is 15.0 Å². The molecule has 1 aromatic heterocycles. The Morgan fingerprint density at radius 3 is 2.66 bits per heavy atom. The van der Waals surface area contributed by atoms with Crippen molar-refractivity contribution in [2.45, 2.75) is 12.8 Å². The lowest BCUT2D eigenvalue weighted by molar-refractivity contribution is -0.130. The number of benzene rings is 2. The van der Waals surface area contributed by atoms with Gasteiger partial charge in [-0.2, -0.15) is 4.98 Å². The third-order valence-electron chi connectivity index (χ3n) is 4.32. The second-order valence-electron chi connectivity index (χ2n) is 6.33. The molecule has 0 bridgehead atoms. The van der Waals surface area contributed by atoms with Crippen LogP contribution < -0.4 is 9.47 Å². The molecule has 1 heterocycles. The lowest BCUT2D eigenvalue weighted by atomic mass is 10.2. The standard InChI is InChI=1S/C21H22FN3O4/c1-25(13-14-28-18-6-4-3-5-17(18)22)20(26)12-11-19-23-21(24-29-19)15-7-9-16(27-2)10-8-15/h3-10H,11-14H2,1-2H3. The number of rotatable bonds is 9. The van der Waals surface area contributed by atoms with Gasteiger partial charge in [0.1, 0.15) is 12.4 Å². The van der Waals surface area contributed by atoms with E-state index in [9.17, 15) is 9.18 Å². The Balaban J connectivity index is 1.45. The molecule has 0 unspecified atom stereocenters. The van der Waals surface area contributed by atoms with Crippen LogP contribution in [0.25, 0.3) is 11.4 Å². The molecule has 0 aliphatic rings. The molecule has 8 heteroatoms. The van der Waals surface area contributed by atoms with Gasteiger partial charge in [0.2, 0.25) is 17.6 Å². The smallest absolute Gasteiger partial charge is 0.227 e. The molecule has 0 fully saturated rings. The van der Waals surface area contributed by atoms with Crippen molar-refractivity contribution in [1.29, 1.82) is 0 Å². The lowest BCUT2D eigenvalue weighted by Crippen LogP contribution is -2.31. The SMILES string of the molecule is COc1ccc(-c2noc(CCC(=O)N(C)CCOc3ccccc3F)n2)cc1. The summed E-state index contributed by atoms with van der Waals surface area (Å²) in [7, 11) is 3.27. The van der Waals surface area contributed by atoms with Crippen LogP contribution in [-0.4, -0.2) is 48.3 Å². The minimum atomic E-state index is -0.425. The number of nitrogens with zero attached hydrogens (tertiary/aromatic N) is 3. The van der Waals surface area contributed by atoms with Gasteiger partial charge in [-0.3, -0.25) is 4.79 Å². The number of hydrogen-bond donors (Lipinski definition) is 0. The summed E-state index contributed by atoms with van der Waals surface area (Å²) in [4.78, 5) is 18.1. The Kier molecular flexibility index (Phi) is 6.78. The average molecular weight is 399 g/mol. The lowest BCUT2D eigenvalue weighted by Gasteiger charge is -2.17. The number of methoxy groups -OCH3 is 1. The molecule has 3 aromatic rings. The van der Waals surface area contributed by atoms with Crippen molar-refractivity contribution in [3.05, 3.63) is 60.2 Å². The predicted molar refractivity (Wildman–Crippen MR) is 104 cm³/mol. The average Bonchev–Trinajstić information content (AvgIpc) is 3.22. The topological polar surface area (TPSA) is 77.7 Å². The van der Waals surface area contributed by atoms with Crippen LogP contribution in [0.4, 0.5) is 4.39 Å². The van der Waals surface area contributed by atoms with Crippen molar-refractivity contribution in [3.63, 3.8) is 0 Å². The molecule has 152 valence electrons. The number of likely N-dealkylation sites (N-methyl/N-ethyl adjacent to an activating group) is 1. The monoisotopic (exact) mass is 399 g/mol. The van der Waals surface area contributed by atoms with Gasteiger partial charge < -0.3 is 18.9 Å². The zero-order valence-electron chi connectivity index (χ0n) is 16.3. The molecule has 0 radical (unpaired) electrons. The molecule has 3 rings (SSSR count). The third-order valence-corrected chi connectivity index (χ3v) is 4.32. The fourth-order valence-electron chi connectivity index (χ4n) is 2.60. The van der Waals surface area contributed by atoms with Crippen molar-refractivity contribution < 1.29 is 23.2 Å². The Hall–Kier alpha value is -3.42. The molecule has 0 spiro atoms. The van der Waals surface area contributed by atoms with E-state index < -0.39 is 5.82 Å². The zero-order valence-corrected chi connectivity index (χ0v) is 16.3. The first-order valence-corrected chi connectivity index (χ1v) is 9.15. The maximum absolute atomic E-state index is 13.5. The van der Waals surface area contributed by atoms with Gasteiger partial charge in [-0.1, -0.05) is 17.3 Å². The summed E-state index contributed by atoms with van der Waals surface area (Å²) in [5.41, 5.74) is 0.800. The summed E-state index contributed by atoms with van der Waals surface area (Å²) in [6, 6.07) is 13.5. The van der Waals surface area contributed by atoms with E-state index in [0.29, 0.717) is 24.7 Å². The van der Waals surface area contributed by atoms with Gasteiger partial charge in [0.25, 0.3) is 0 Å². The highest BCUT2D eigenvalue weighted by atomic mass is 19.1. The molecule has 29 heavy (non-hydrogen) atoms. The van der Waals surface area contributed by atoms with Gasteiger partial charge in [-0.25, -0.2) is 4.39 Å². The number of para-hydroxylation sites is 1. The number of carbonyl (C=O) groups excluding carboxylic acids is 1. The molecule has 2 aromatic carbocycles. The molecule has 0 atom stereocenters. The zero-order chi connectivity index (χ0) is 20.6. The van der Waals surface area contributed by atoms with E-state index >= 15 is 0 Å². The Labute approximate surface area is 168 Å². The van der Waals surface area contributed by atoms with Crippen LogP contribution in [0.2, 0.25) is 0 Å². The first-order chi connectivity index (χ1) is 14.1. The largest absolute Gasteiger partial charge is 0.497 e. The fraction of sp³-hybridized carbons (Fsp3) is 0.286. The second-order valence-corrected chi connectivity index (χ2v) is 6.33. The Morgan fingerprint density at radius 1 is 1.17 bits per heavy atom. The highest BCUT2D eigenvalue weighted by Crippen LogP contribution is 2.20. The molecular formula is C21H22FN3O4. The van der Waals surface area contributed by atoms with Crippen molar-refractivity contribution in [3.8, 4) is 22.9 Å². The van der Waals surface area contributed by atoms with E-state index in [2.05, 4.69) is 10.1 Å². The first kappa shape index (κ1) is 20.3. The molecule has 1 amide bonds. The Morgan fingerprint density at radius 2 is 1.93 bits per heavy atom. The molecule has 0 saturated heterocycles. The van der Waals surface area contributed by atoms with Crippen molar-refractivity contribution >= 4 is 5.91 Å². The molecular weight excluding hydrogens is 377 g/mol. The highest BCUT2D eigenvalue weighted by Gasteiger charge is 2.14.